The summed E-state index contributed by atoms with van der Waals surface area (Å²) < 4.78 is -1.88. The molecule has 0 aromatic heterocycles. The van der Waals surface area contributed by atoms with E-state index in [1.165, 1.54) is 0 Å². The Kier molecular flexibility index (Phi) is 4.98. The van der Waals surface area contributed by atoms with Gasteiger partial charge in [0.25, 0.3) is 9.70 Å². The van der Waals surface area contributed by atoms with Crippen molar-refractivity contribution in [3.8, 4) is 0 Å². The third-order valence-corrected chi connectivity index (χ3v) is 1.61. The van der Waals surface area contributed by atoms with Crippen LogP contribution in [0.2, 0.25) is 0 Å². The molecule has 0 heterocycles. The lowest BCUT2D eigenvalue weighted by atomic mass is 10.3. The summed E-state index contributed by atoms with van der Waals surface area (Å²) in [5.74, 6) is -0.613. The number of rotatable bonds is 2. The molecule has 0 aliphatic rings. The van der Waals surface area contributed by atoms with Crippen LogP contribution in [0.3, 0.4) is 0 Å². The number of alkyl halides is 3. The number of carbonyl (C=O) groups is 1. The van der Waals surface area contributed by atoms with Crippen LogP contribution >= 0.6 is 34.8 Å². The minimum absolute atomic E-state index is 0.127. The Bertz CT molecular complexity index is 186. The molecule has 0 radical (unpaired) electrons. The van der Waals surface area contributed by atoms with E-state index in [9.17, 15) is 4.79 Å². The van der Waals surface area contributed by atoms with Crippen LogP contribution in [0.4, 0.5) is 0 Å². The van der Waals surface area contributed by atoms with Crippen LogP contribution in [0, 0.1) is 0 Å². The molecule has 0 aliphatic carbocycles. The molecular formula is C7H10Cl3NO. The molecule has 0 bridgehead atoms. The number of hydrogen-bond donors (Lipinski definition) is 1. The Morgan fingerprint density at radius 1 is 1.50 bits per heavy atom. The summed E-state index contributed by atoms with van der Waals surface area (Å²) in [5, 5.41) is 2.50. The van der Waals surface area contributed by atoms with Gasteiger partial charge in [-0.2, -0.15) is 0 Å². The van der Waals surface area contributed by atoms with Crippen LogP contribution in [-0.4, -0.2) is 15.7 Å². The fourth-order valence-corrected chi connectivity index (χ4v) is 0.789. The first-order chi connectivity index (χ1) is 5.38. The van der Waals surface area contributed by atoms with Crippen LogP contribution in [0.1, 0.15) is 13.8 Å². The summed E-state index contributed by atoms with van der Waals surface area (Å²) in [4.78, 5) is 11.0. The second kappa shape index (κ2) is 4.95. The van der Waals surface area contributed by atoms with Gasteiger partial charge in [-0.15, -0.1) is 0 Å². The predicted molar refractivity (Wildman–Crippen MR) is 52.7 cm³/mol. The molecule has 1 atom stereocenters. The van der Waals surface area contributed by atoms with Gasteiger partial charge in [-0.25, -0.2) is 0 Å². The van der Waals surface area contributed by atoms with E-state index in [0.29, 0.717) is 0 Å². The van der Waals surface area contributed by atoms with E-state index in [0.717, 1.165) is 0 Å². The van der Waals surface area contributed by atoms with E-state index in [-0.39, 0.29) is 6.04 Å². The van der Waals surface area contributed by atoms with E-state index in [2.05, 4.69) is 5.32 Å². The molecule has 0 saturated carbocycles. The number of amides is 1. The van der Waals surface area contributed by atoms with Gasteiger partial charge in [-0.05, 0) is 13.8 Å². The SMILES string of the molecule is C/C=C/C(C)NC(=O)C(Cl)(Cl)Cl. The maximum Gasteiger partial charge on any atom is 0.272 e. The minimum atomic E-state index is -1.88. The van der Waals surface area contributed by atoms with E-state index >= 15 is 0 Å². The molecule has 0 aromatic carbocycles. The highest BCUT2D eigenvalue weighted by atomic mass is 35.6. The Morgan fingerprint density at radius 2 is 2.00 bits per heavy atom. The van der Waals surface area contributed by atoms with Crippen molar-refractivity contribution in [2.45, 2.75) is 23.7 Å². The largest absolute Gasteiger partial charge is 0.346 e. The molecule has 0 saturated heterocycles. The summed E-state index contributed by atoms with van der Waals surface area (Å²) in [5.41, 5.74) is 0. The first-order valence-corrected chi connectivity index (χ1v) is 4.52. The molecule has 1 unspecified atom stereocenters. The molecule has 0 rings (SSSR count). The number of carbonyl (C=O) groups excluding carboxylic acids is 1. The van der Waals surface area contributed by atoms with E-state index in [1.54, 1.807) is 13.0 Å². The van der Waals surface area contributed by atoms with Gasteiger partial charge in [0.15, 0.2) is 0 Å². The molecule has 2 nitrogen and oxygen atoms in total. The van der Waals surface area contributed by atoms with Crippen LogP contribution in [0.5, 0.6) is 0 Å². The molecule has 1 N–H and O–H groups in total. The maximum atomic E-state index is 11.0. The zero-order valence-corrected chi connectivity index (χ0v) is 9.04. The van der Waals surface area contributed by atoms with E-state index in [1.807, 2.05) is 13.0 Å². The normalized spacial score (nSPS) is 14.8. The zero-order chi connectivity index (χ0) is 9.78. The number of nitrogens with one attached hydrogen (secondary N) is 1. The van der Waals surface area contributed by atoms with Crippen molar-refractivity contribution in [2.75, 3.05) is 0 Å². The highest BCUT2D eigenvalue weighted by Crippen LogP contribution is 2.25. The molecule has 0 aromatic rings. The fraction of sp³-hybridized carbons (Fsp3) is 0.571. The molecule has 0 spiro atoms. The van der Waals surface area contributed by atoms with Gasteiger partial charge >= 0.3 is 0 Å². The van der Waals surface area contributed by atoms with Crippen LogP contribution in [-0.2, 0) is 4.79 Å². The number of allylic oxidation sites excluding steroid dienone is 1. The van der Waals surface area contributed by atoms with Gasteiger partial charge < -0.3 is 5.32 Å². The lowest BCUT2D eigenvalue weighted by molar-refractivity contribution is -0.120. The number of hydrogen-bond acceptors (Lipinski definition) is 1. The Balaban J connectivity index is 4.02. The Morgan fingerprint density at radius 3 is 2.33 bits per heavy atom. The minimum Gasteiger partial charge on any atom is -0.346 e. The smallest absolute Gasteiger partial charge is 0.272 e. The van der Waals surface area contributed by atoms with Crippen molar-refractivity contribution < 1.29 is 4.79 Å². The van der Waals surface area contributed by atoms with Gasteiger partial charge in [0.1, 0.15) is 0 Å². The second-order valence-electron chi connectivity index (χ2n) is 2.29. The summed E-state index contributed by atoms with van der Waals surface area (Å²) in [6, 6.07) is -0.127. The van der Waals surface area contributed by atoms with Crippen LogP contribution in [0.25, 0.3) is 0 Å². The van der Waals surface area contributed by atoms with Gasteiger partial charge in [-0.1, -0.05) is 47.0 Å². The molecule has 12 heavy (non-hydrogen) atoms. The van der Waals surface area contributed by atoms with Gasteiger partial charge in [0, 0.05) is 6.04 Å². The van der Waals surface area contributed by atoms with Gasteiger partial charge in [0.05, 0.1) is 0 Å². The average Bonchev–Trinajstić information content (AvgIpc) is 1.85. The fourth-order valence-electron chi connectivity index (χ4n) is 0.625. The van der Waals surface area contributed by atoms with Crippen molar-refractivity contribution in [1.29, 1.82) is 0 Å². The Hall–Kier alpha value is 0.0800. The zero-order valence-electron chi connectivity index (χ0n) is 6.77. The second-order valence-corrected chi connectivity index (χ2v) is 4.57. The first-order valence-electron chi connectivity index (χ1n) is 3.38. The lowest BCUT2D eigenvalue weighted by Gasteiger charge is -2.14. The highest BCUT2D eigenvalue weighted by molar-refractivity contribution is 6.76. The maximum absolute atomic E-state index is 11.0. The van der Waals surface area contributed by atoms with Crippen molar-refractivity contribution in [3.63, 3.8) is 0 Å². The van der Waals surface area contributed by atoms with Crippen molar-refractivity contribution in [2.24, 2.45) is 0 Å². The summed E-state index contributed by atoms with van der Waals surface area (Å²) in [6.07, 6.45) is 3.59. The summed E-state index contributed by atoms with van der Waals surface area (Å²) in [6.45, 7) is 3.63. The standard InChI is InChI=1S/C7H10Cl3NO/c1-3-4-5(2)11-6(12)7(8,9)10/h3-5H,1-2H3,(H,11,12)/b4-3+. The van der Waals surface area contributed by atoms with Crippen molar-refractivity contribution in [1.82, 2.24) is 5.32 Å². The van der Waals surface area contributed by atoms with Gasteiger partial charge in [0.2, 0.25) is 0 Å². The monoisotopic (exact) mass is 229 g/mol. The molecular weight excluding hydrogens is 220 g/mol. The summed E-state index contributed by atoms with van der Waals surface area (Å²) >= 11 is 16.0. The topological polar surface area (TPSA) is 29.1 Å². The third kappa shape index (κ3) is 4.86. The van der Waals surface area contributed by atoms with Crippen molar-refractivity contribution in [3.05, 3.63) is 12.2 Å². The molecule has 70 valence electrons. The first kappa shape index (κ1) is 12.1. The molecule has 0 fully saturated rings. The predicted octanol–water partition coefficient (Wildman–Crippen LogP) is 2.44. The molecule has 5 heteroatoms. The average molecular weight is 231 g/mol. The molecule has 0 aliphatic heterocycles. The van der Waals surface area contributed by atoms with Crippen molar-refractivity contribution >= 4 is 40.7 Å². The van der Waals surface area contributed by atoms with Crippen LogP contribution < -0.4 is 5.32 Å². The van der Waals surface area contributed by atoms with E-state index < -0.39 is 9.70 Å². The third-order valence-electron chi connectivity index (χ3n) is 1.10. The summed E-state index contributed by atoms with van der Waals surface area (Å²) in [7, 11) is 0. The Labute approximate surface area is 86.9 Å². The quantitative estimate of drug-likeness (QED) is 0.573. The van der Waals surface area contributed by atoms with E-state index in [4.69, 9.17) is 34.8 Å². The number of halogens is 3. The van der Waals surface area contributed by atoms with Gasteiger partial charge in [-0.3, -0.25) is 4.79 Å². The van der Waals surface area contributed by atoms with Crippen LogP contribution in [0.15, 0.2) is 12.2 Å². The highest BCUT2D eigenvalue weighted by Gasteiger charge is 2.30. The lowest BCUT2D eigenvalue weighted by Crippen LogP contribution is -2.39. The molecule has 1 amide bonds.